The number of hydrazone groups is 1. The summed E-state index contributed by atoms with van der Waals surface area (Å²) < 4.78 is 54.0. The fourth-order valence-electron chi connectivity index (χ4n) is 3.65. The third-order valence-corrected chi connectivity index (χ3v) is 5.49. The van der Waals surface area contributed by atoms with Crippen LogP contribution in [0.2, 0.25) is 0 Å². The average Bonchev–Trinajstić information content (AvgIpc) is 3.31. The standard InChI is InChI=1S/C23H31F3N4O5/c24-23(25,26)18-4-6-19(7-5-18)30-11-8-20(28-30)27-21(31)16-34-14-12-33-13-15-35-17-22(32)29-9-2-1-3-10-29/h4-7H,1-3,8-17H2,(H,27,28,31). The zero-order valence-electron chi connectivity index (χ0n) is 19.5. The van der Waals surface area contributed by atoms with Crippen molar-refractivity contribution in [1.29, 1.82) is 0 Å². The van der Waals surface area contributed by atoms with Crippen LogP contribution >= 0.6 is 0 Å². The Hall–Kier alpha value is -2.70. The van der Waals surface area contributed by atoms with Crippen molar-refractivity contribution < 1.29 is 37.0 Å². The van der Waals surface area contributed by atoms with Crippen LogP contribution in [-0.4, -0.2) is 81.8 Å². The number of carbonyl (C=O) groups excluding carboxylic acids is 2. The third-order valence-electron chi connectivity index (χ3n) is 5.49. The Bertz CT molecular complexity index is 858. The Morgan fingerprint density at radius 1 is 0.886 bits per heavy atom. The Labute approximate surface area is 202 Å². The number of carbonyl (C=O) groups is 2. The van der Waals surface area contributed by atoms with Gasteiger partial charge in [0, 0.05) is 26.1 Å². The van der Waals surface area contributed by atoms with E-state index in [4.69, 9.17) is 14.2 Å². The lowest BCUT2D eigenvalue weighted by atomic mass is 10.1. The molecule has 0 aliphatic carbocycles. The van der Waals surface area contributed by atoms with Crippen LogP contribution in [0.3, 0.4) is 0 Å². The minimum atomic E-state index is -4.39. The number of alkyl halides is 3. The van der Waals surface area contributed by atoms with Gasteiger partial charge < -0.3 is 24.4 Å². The first-order valence-corrected chi connectivity index (χ1v) is 11.7. The van der Waals surface area contributed by atoms with E-state index < -0.39 is 11.7 Å². The summed E-state index contributed by atoms with van der Waals surface area (Å²) in [6.07, 6.45) is -0.681. The first-order valence-electron chi connectivity index (χ1n) is 11.7. The van der Waals surface area contributed by atoms with Gasteiger partial charge in [-0.05, 0) is 43.5 Å². The van der Waals surface area contributed by atoms with Crippen molar-refractivity contribution in [2.45, 2.75) is 31.9 Å². The van der Waals surface area contributed by atoms with Crippen LogP contribution in [0.4, 0.5) is 18.9 Å². The van der Waals surface area contributed by atoms with Crippen LogP contribution in [-0.2, 0) is 30.0 Å². The molecule has 0 unspecified atom stereocenters. The molecule has 35 heavy (non-hydrogen) atoms. The van der Waals surface area contributed by atoms with Crippen molar-refractivity contribution in [1.82, 2.24) is 10.2 Å². The highest BCUT2D eigenvalue weighted by Crippen LogP contribution is 2.31. The van der Waals surface area contributed by atoms with Crippen molar-refractivity contribution >= 4 is 23.3 Å². The van der Waals surface area contributed by atoms with E-state index in [1.165, 1.54) is 23.6 Å². The SMILES string of the molecule is O=C(COCCOCCOCC(=O)N1CCCCC1)NC1=NN(c2ccc(C(F)(F)F)cc2)CC1. The van der Waals surface area contributed by atoms with Gasteiger partial charge in [0.2, 0.25) is 5.91 Å². The lowest BCUT2D eigenvalue weighted by molar-refractivity contribution is -0.138. The smallest absolute Gasteiger partial charge is 0.377 e. The van der Waals surface area contributed by atoms with Crippen LogP contribution in [0, 0.1) is 0 Å². The molecule has 9 nitrogen and oxygen atoms in total. The highest BCUT2D eigenvalue weighted by atomic mass is 19.4. The number of piperidine rings is 1. The molecule has 1 aromatic rings. The van der Waals surface area contributed by atoms with Gasteiger partial charge in [0.15, 0.2) is 0 Å². The molecular weight excluding hydrogens is 469 g/mol. The average molecular weight is 501 g/mol. The van der Waals surface area contributed by atoms with Gasteiger partial charge in [-0.1, -0.05) is 0 Å². The van der Waals surface area contributed by atoms with E-state index >= 15 is 0 Å². The molecule has 1 saturated heterocycles. The summed E-state index contributed by atoms with van der Waals surface area (Å²) >= 11 is 0. The van der Waals surface area contributed by atoms with Gasteiger partial charge in [-0.2, -0.15) is 18.3 Å². The number of ether oxygens (including phenoxy) is 3. The number of anilines is 1. The number of nitrogens with one attached hydrogen (secondary N) is 1. The summed E-state index contributed by atoms with van der Waals surface area (Å²) in [7, 11) is 0. The molecule has 1 fully saturated rings. The van der Waals surface area contributed by atoms with E-state index in [-0.39, 0.29) is 38.2 Å². The Kier molecular flexibility index (Phi) is 10.3. The molecule has 0 bridgehead atoms. The molecule has 1 N–H and O–H groups in total. The number of rotatable bonds is 11. The quantitative estimate of drug-likeness (QED) is 0.469. The van der Waals surface area contributed by atoms with Crippen molar-refractivity contribution in [2.75, 3.05) is 64.3 Å². The predicted octanol–water partition coefficient (Wildman–Crippen LogP) is 2.41. The summed E-state index contributed by atoms with van der Waals surface area (Å²) in [6.45, 7) is 3.03. The molecule has 0 saturated carbocycles. The first kappa shape index (κ1) is 26.9. The summed E-state index contributed by atoms with van der Waals surface area (Å²) in [5.41, 5.74) is -0.218. The van der Waals surface area contributed by atoms with Crippen molar-refractivity contribution in [3.8, 4) is 0 Å². The first-order chi connectivity index (χ1) is 16.8. The lowest BCUT2D eigenvalue weighted by Gasteiger charge is -2.26. The predicted molar refractivity (Wildman–Crippen MR) is 122 cm³/mol. The van der Waals surface area contributed by atoms with Gasteiger partial charge in [-0.15, -0.1) is 0 Å². The van der Waals surface area contributed by atoms with Crippen LogP contribution in [0.5, 0.6) is 0 Å². The molecule has 1 aromatic carbocycles. The lowest BCUT2D eigenvalue weighted by Crippen LogP contribution is -2.38. The van der Waals surface area contributed by atoms with E-state index in [2.05, 4.69) is 10.4 Å². The minimum Gasteiger partial charge on any atom is -0.377 e. The largest absolute Gasteiger partial charge is 0.416 e. The minimum absolute atomic E-state index is 0.00777. The van der Waals surface area contributed by atoms with Gasteiger partial charge in [0.25, 0.3) is 5.91 Å². The van der Waals surface area contributed by atoms with Gasteiger partial charge in [-0.25, -0.2) is 0 Å². The number of benzene rings is 1. The second-order valence-electron chi connectivity index (χ2n) is 8.17. The zero-order valence-corrected chi connectivity index (χ0v) is 19.5. The Morgan fingerprint density at radius 2 is 1.51 bits per heavy atom. The highest BCUT2D eigenvalue weighted by Gasteiger charge is 2.30. The maximum absolute atomic E-state index is 12.7. The monoisotopic (exact) mass is 500 g/mol. The van der Waals surface area contributed by atoms with Gasteiger partial charge in [-0.3, -0.25) is 14.6 Å². The van der Waals surface area contributed by atoms with Crippen LogP contribution in [0.1, 0.15) is 31.2 Å². The molecular formula is C23H31F3N4O5. The highest BCUT2D eigenvalue weighted by molar-refractivity contribution is 6.00. The molecule has 0 atom stereocenters. The zero-order chi connectivity index (χ0) is 25.1. The molecule has 2 aliphatic heterocycles. The van der Waals surface area contributed by atoms with Crippen molar-refractivity contribution in [3.05, 3.63) is 29.8 Å². The molecule has 0 aromatic heterocycles. The van der Waals surface area contributed by atoms with E-state index in [0.717, 1.165) is 38.1 Å². The molecule has 3 rings (SSSR count). The molecule has 0 radical (unpaired) electrons. The normalized spacial score (nSPS) is 16.4. The van der Waals surface area contributed by atoms with E-state index in [1.54, 1.807) is 0 Å². The fourth-order valence-corrected chi connectivity index (χ4v) is 3.65. The van der Waals surface area contributed by atoms with Crippen LogP contribution < -0.4 is 10.3 Å². The maximum atomic E-state index is 12.7. The second kappa shape index (κ2) is 13.4. The number of hydrogen-bond acceptors (Lipinski definition) is 7. The molecule has 12 heteroatoms. The number of amidine groups is 1. The number of nitrogens with zero attached hydrogens (tertiary/aromatic N) is 3. The van der Waals surface area contributed by atoms with Gasteiger partial charge in [0.1, 0.15) is 19.0 Å². The summed E-state index contributed by atoms with van der Waals surface area (Å²) in [6, 6.07) is 4.69. The van der Waals surface area contributed by atoms with Crippen molar-refractivity contribution in [3.63, 3.8) is 0 Å². The number of likely N-dealkylation sites (tertiary alicyclic amines) is 1. The Morgan fingerprint density at radius 3 is 2.17 bits per heavy atom. The van der Waals surface area contributed by atoms with Gasteiger partial charge >= 0.3 is 6.18 Å². The maximum Gasteiger partial charge on any atom is 0.416 e. The topological polar surface area (TPSA) is 92.7 Å². The van der Waals surface area contributed by atoms with E-state index in [9.17, 15) is 22.8 Å². The molecule has 194 valence electrons. The molecule has 2 amide bonds. The number of halogens is 3. The fraction of sp³-hybridized carbons (Fsp3) is 0.609. The molecule has 2 aliphatic rings. The third kappa shape index (κ3) is 9.11. The summed E-state index contributed by atoms with van der Waals surface area (Å²) in [5, 5.41) is 8.41. The van der Waals surface area contributed by atoms with E-state index in [1.807, 2.05) is 4.90 Å². The summed E-state index contributed by atoms with van der Waals surface area (Å²) in [5.74, 6) is 0.0527. The van der Waals surface area contributed by atoms with Crippen molar-refractivity contribution in [2.24, 2.45) is 5.10 Å². The number of amides is 2. The number of hydrogen-bond donors (Lipinski definition) is 1. The van der Waals surface area contributed by atoms with Gasteiger partial charge in [0.05, 0.1) is 37.7 Å². The molecule has 0 spiro atoms. The van der Waals surface area contributed by atoms with Crippen LogP contribution in [0.25, 0.3) is 0 Å². The summed E-state index contributed by atoms with van der Waals surface area (Å²) in [4.78, 5) is 25.8. The second-order valence-corrected chi connectivity index (χ2v) is 8.17. The van der Waals surface area contributed by atoms with Crippen LogP contribution in [0.15, 0.2) is 29.4 Å². The molecule has 2 heterocycles. The van der Waals surface area contributed by atoms with E-state index in [0.29, 0.717) is 37.7 Å². The Balaban J connectivity index is 1.22.